The summed E-state index contributed by atoms with van der Waals surface area (Å²) in [5, 5.41) is 4.98. The summed E-state index contributed by atoms with van der Waals surface area (Å²) in [5.41, 5.74) is 6.80. The van der Waals surface area contributed by atoms with Crippen molar-refractivity contribution in [3.05, 3.63) is 52.0 Å². The van der Waals surface area contributed by atoms with Gasteiger partial charge in [0.05, 0.1) is 0 Å². The average Bonchev–Trinajstić information content (AvgIpc) is 2.92. The highest BCUT2D eigenvalue weighted by molar-refractivity contribution is 6.36. The molecule has 106 valence electrons. The number of rotatable bonds is 3. The zero-order chi connectivity index (χ0) is 14.8. The predicted octanol–water partition coefficient (Wildman–Crippen LogP) is 3.01. The van der Waals surface area contributed by atoms with Crippen molar-refractivity contribution in [3.8, 4) is 11.6 Å². The van der Waals surface area contributed by atoms with Crippen LogP contribution in [0.3, 0.4) is 0 Å². The van der Waals surface area contributed by atoms with Gasteiger partial charge in [0.15, 0.2) is 17.3 Å². The summed E-state index contributed by atoms with van der Waals surface area (Å²) in [7, 11) is 0. The van der Waals surface area contributed by atoms with E-state index >= 15 is 0 Å². The molecule has 0 spiro atoms. The number of nitrogens with two attached hydrogens (primary N) is 1. The second-order valence-corrected chi connectivity index (χ2v) is 5.00. The molecule has 2 N–H and O–H groups in total. The normalized spacial score (nSPS) is 10.8. The van der Waals surface area contributed by atoms with E-state index in [1.807, 2.05) is 0 Å². The Balaban J connectivity index is 1.91. The molecule has 0 saturated heterocycles. The van der Waals surface area contributed by atoms with Gasteiger partial charge in [-0.2, -0.15) is 4.98 Å². The molecule has 8 heteroatoms. The number of nitrogens with zero attached hydrogens (tertiary/aromatic N) is 4. The van der Waals surface area contributed by atoms with Crippen molar-refractivity contribution in [2.24, 2.45) is 0 Å². The molecule has 0 fully saturated rings. The lowest BCUT2D eigenvalue weighted by Gasteiger charge is -2.03. The fourth-order valence-electron chi connectivity index (χ4n) is 1.79. The van der Waals surface area contributed by atoms with Crippen molar-refractivity contribution in [1.29, 1.82) is 0 Å². The van der Waals surface area contributed by atoms with Gasteiger partial charge in [0.1, 0.15) is 0 Å². The number of hydrogen-bond acceptors (Lipinski definition) is 6. The Bertz CT molecular complexity index is 769. The maximum absolute atomic E-state index is 6.12. The van der Waals surface area contributed by atoms with E-state index in [-0.39, 0.29) is 11.7 Å². The highest BCUT2D eigenvalue weighted by atomic mass is 35.5. The van der Waals surface area contributed by atoms with Crippen LogP contribution in [0, 0.1) is 0 Å². The Labute approximate surface area is 129 Å². The Kier molecular flexibility index (Phi) is 3.72. The van der Waals surface area contributed by atoms with Crippen molar-refractivity contribution >= 4 is 29.0 Å². The first-order valence-electron chi connectivity index (χ1n) is 5.97. The summed E-state index contributed by atoms with van der Waals surface area (Å²) in [6.45, 7) is 0. The summed E-state index contributed by atoms with van der Waals surface area (Å²) in [5.74, 6) is 0.868. The van der Waals surface area contributed by atoms with Gasteiger partial charge in [0, 0.05) is 28.9 Å². The summed E-state index contributed by atoms with van der Waals surface area (Å²) >= 11 is 12.2. The van der Waals surface area contributed by atoms with Crippen LogP contribution in [0.4, 0.5) is 5.82 Å². The van der Waals surface area contributed by atoms with E-state index in [1.54, 1.807) is 18.2 Å². The smallest absolute Gasteiger partial charge is 0.280 e. The number of nitrogen functional groups attached to an aromatic ring is 1. The molecule has 0 bridgehead atoms. The average molecular weight is 322 g/mol. The first kappa shape index (κ1) is 13.8. The van der Waals surface area contributed by atoms with Gasteiger partial charge in [0.2, 0.25) is 0 Å². The lowest BCUT2D eigenvalue weighted by atomic mass is 10.1. The topological polar surface area (TPSA) is 90.7 Å². The molecular weight excluding hydrogens is 313 g/mol. The minimum atomic E-state index is 0.207. The zero-order valence-electron chi connectivity index (χ0n) is 10.6. The third-order valence-electron chi connectivity index (χ3n) is 2.79. The Morgan fingerprint density at radius 2 is 1.81 bits per heavy atom. The molecule has 0 saturated carbocycles. The molecule has 0 aliphatic carbocycles. The molecule has 1 aromatic carbocycles. The zero-order valence-corrected chi connectivity index (χ0v) is 12.1. The van der Waals surface area contributed by atoms with Crippen LogP contribution in [0.15, 0.2) is 35.1 Å². The standard InChI is InChI=1S/C13H9Cl2N5O/c14-8-2-1-3-9(15)7(8)6-10-19-13(21-20-10)11-12(16)18-5-4-17-11/h1-5H,6H2,(H2,16,18). The SMILES string of the molecule is Nc1nccnc1-c1nc(Cc2c(Cl)cccc2Cl)no1. The van der Waals surface area contributed by atoms with Gasteiger partial charge >= 0.3 is 0 Å². The molecule has 0 atom stereocenters. The first-order valence-corrected chi connectivity index (χ1v) is 6.73. The molecule has 2 aromatic heterocycles. The van der Waals surface area contributed by atoms with E-state index in [0.29, 0.717) is 28.0 Å². The van der Waals surface area contributed by atoms with Gasteiger partial charge in [0.25, 0.3) is 5.89 Å². The molecule has 0 amide bonds. The van der Waals surface area contributed by atoms with E-state index in [0.717, 1.165) is 5.56 Å². The molecule has 0 radical (unpaired) electrons. The minimum absolute atomic E-state index is 0.207. The third-order valence-corrected chi connectivity index (χ3v) is 3.50. The number of aromatic nitrogens is 4. The Morgan fingerprint density at radius 3 is 2.52 bits per heavy atom. The quantitative estimate of drug-likeness (QED) is 0.797. The second kappa shape index (κ2) is 5.67. The number of halogens is 2. The molecule has 0 aliphatic heterocycles. The largest absolute Gasteiger partial charge is 0.382 e. The number of benzene rings is 1. The van der Waals surface area contributed by atoms with Crippen LogP contribution in [0.1, 0.15) is 11.4 Å². The van der Waals surface area contributed by atoms with Crippen molar-refractivity contribution < 1.29 is 4.52 Å². The van der Waals surface area contributed by atoms with Gasteiger partial charge in [-0.25, -0.2) is 9.97 Å². The van der Waals surface area contributed by atoms with Crippen LogP contribution in [0.25, 0.3) is 11.6 Å². The fourth-order valence-corrected chi connectivity index (χ4v) is 2.33. The van der Waals surface area contributed by atoms with Crippen molar-refractivity contribution in [1.82, 2.24) is 20.1 Å². The van der Waals surface area contributed by atoms with Crippen LogP contribution in [0.2, 0.25) is 10.0 Å². The summed E-state index contributed by atoms with van der Waals surface area (Å²) < 4.78 is 5.15. The molecule has 3 aromatic rings. The molecule has 0 unspecified atom stereocenters. The van der Waals surface area contributed by atoms with Crippen LogP contribution in [-0.4, -0.2) is 20.1 Å². The van der Waals surface area contributed by atoms with Crippen molar-refractivity contribution in [2.45, 2.75) is 6.42 Å². The lowest BCUT2D eigenvalue weighted by molar-refractivity contribution is 0.422. The van der Waals surface area contributed by atoms with Gasteiger partial charge in [-0.05, 0) is 17.7 Å². The molecule has 2 heterocycles. The predicted molar refractivity (Wildman–Crippen MR) is 79.0 cm³/mol. The van der Waals surface area contributed by atoms with Gasteiger partial charge in [-0.15, -0.1) is 0 Å². The van der Waals surface area contributed by atoms with E-state index in [9.17, 15) is 0 Å². The first-order chi connectivity index (χ1) is 10.1. The Hall–Kier alpha value is -2.18. The van der Waals surface area contributed by atoms with Gasteiger partial charge < -0.3 is 10.3 Å². The van der Waals surface area contributed by atoms with Crippen LogP contribution in [0.5, 0.6) is 0 Å². The number of hydrogen-bond donors (Lipinski definition) is 1. The van der Waals surface area contributed by atoms with E-state index < -0.39 is 0 Å². The third kappa shape index (κ3) is 2.81. The molecule has 0 aliphatic rings. The maximum atomic E-state index is 6.12. The van der Waals surface area contributed by atoms with Crippen LogP contribution < -0.4 is 5.73 Å². The second-order valence-electron chi connectivity index (χ2n) is 4.18. The molecule has 21 heavy (non-hydrogen) atoms. The highest BCUT2D eigenvalue weighted by Gasteiger charge is 2.15. The summed E-state index contributed by atoms with van der Waals surface area (Å²) in [4.78, 5) is 12.2. The Morgan fingerprint density at radius 1 is 1.10 bits per heavy atom. The minimum Gasteiger partial charge on any atom is -0.382 e. The molecule has 6 nitrogen and oxygen atoms in total. The van der Waals surface area contributed by atoms with E-state index in [1.165, 1.54) is 12.4 Å². The van der Waals surface area contributed by atoms with E-state index in [2.05, 4.69) is 20.1 Å². The maximum Gasteiger partial charge on any atom is 0.280 e. The van der Waals surface area contributed by atoms with E-state index in [4.69, 9.17) is 33.5 Å². The fraction of sp³-hybridized carbons (Fsp3) is 0.0769. The lowest BCUT2D eigenvalue weighted by Crippen LogP contribution is -1.97. The van der Waals surface area contributed by atoms with Crippen LogP contribution >= 0.6 is 23.2 Å². The van der Waals surface area contributed by atoms with Crippen LogP contribution in [-0.2, 0) is 6.42 Å². The van der Waals surface area contributed by atoms with Crippen molar-refractivity contribution in [3.63, 3.8) is 0 Å². The monoisotopic (exact) mass is 321 g/mol. The summed E-state index contributed by atoms with van der Waals surface area (Å²) in [6, 6.07) is 5.28. The van der Waals surface area contributed by atoms with Crippen molar-refractivity contribution in [2.75, 3.05) is 5.73 Å². The van der Waals surface area contributed by atoms with Gasteiger partial charge in [-0.3, -0.25) is 0 Å². The van der Waals surface area contributed by atoms with Gasteiger partial charge in [-0.1, -0.05) is 34.4 Å². The summed E-state index contributed by atoms with van der Waals surface area (Å²) in [6.07, 6.45) is 3.34. The molecular formula is C13H9Cl2N5O. The number of anilines is 1. The molecule has 3 rings (SSSR count). The highest BCUT2D eigenvalue weighted by Crippen LogP contribution is 2.27.